The fraction of sp³-hybridized carbons (Fsp3) is 0.310. The molecule has 8 nitrogen and oxygen atoms in total. The first kappa shape index (κ1) is 29.6. The Bertz CT molecular complexity index is 1350. The Morgan fingerprint density at radius 1 is 0.949 bits per heavy atom. The van der Waals surface area contributed by atoms with E-state index in [2.05, 4.69) is 5.32 Å². The largest absolute Gasteiger partial charge is 0.497 e. The average Bonchev–Trinajstić information content (AvgIpc) is 2.95. The molecule has 2 atom stereocenters. The maximum atomic E-state index is 13.8. The zero-order chi connectivity index (χ0) is 28.6. The molecule has 39 heavy (non-hydrogen) atoms. The molecule has 0 saturated heterocycles. The van der Waals surface area contributed by atoms with Gasteiger partial charge in [-0.25, -0.2) is 12.8 Å². The van der Waals surface area contributed by atoms with Crippen LogP contribution >= 0.6 is 0 Å². The number of carbonyl (C=O) groups excluding carboxylic acids is 2. The van der Waals surface area contributed by atoms with Crippen molar-refractivity contribution in [2.45, 2.75) is 50.7 Å². The van der Waals surface area contributed by atoms with Crippen molar-refractivity contribution in [3.8, 4) is 5.75 Å². The van der Waals surface area contributed by atoms with E-state index in [1.54, 1.807) is 49.4 Å². The number of benzene rings is 3. The molecular weight excluding hydrogens is 521 g/mol. The van der Waals surface area contributed by atoms with Crippen molar-refractivity contribution in [1.82, 2.24) is 10.2 Å². The first-order valence-electron chi connectivity index (χ1n) is 12.6. The molecule has 208 valence electrons. The zero-order valence-electron chi connectivity index (χ0n) is 22.5. The molecule has 0 radical (unpaired) electrons. The predicted octanol–water partition coefficient (Wildman–Crippen LogP) is 4.36. The normalized spacial score (nSPS) is 12.7. The minimum atomic E-state index is -4.15. The Kier molecular flexibility index (Phi) is 10.1. The number of nitrogens with one attached hydrogen (secondary N) is 1. The van der Waals surface area contributed by atoms with Crippen LogP contribution in [-0.2, 0) is 26.2 Å². The van der Waals surface area contributed by atoms with E-state index >= 15 is 0 Å². The molecule has 0 aromatic heterocycles. The molecule has 0 fully saturated rings. The van der Waals surface area contributed by atoms with E-state index in [9.17, 15) is 22.4 Å². The lowest BCUT2D eigenvalue weighted by Crippen LogP contribution is -2.52. The Hall–Kier alpha value is -3.92. The van der Waals surface area contributed by atoms with E-state index in [1.807, 2.05) is 13.8 Å². The molecule has 0 spiro atoms. The lowest BCUT2D eigenvalue weighted by molar-refractivity contribution is -0.139. The summed E-state index contributed by atoms with van der Waals surface area (Å²) < 4.78 is 47.2. The predicted molar refractivity (Wildman–Crippen MR) is 148 cm³/mol. The monoisotopic (exact) mass is 555 g/mol. The van der Waals surface area contributed by atoms with Crippen LogP contribution in [0.5, 0.6) is 5.75 Å². The molecule has 3 aromatic rings. The van der Waals surface area contributed by atoms with Crippen LogP contribution in [0, 0.1) is 5.82 Å². The molecule has 0 saturated carbocycles. The van der Waals surface area contributed by atoms with Gasteiger partial charge in [0.1, 0.15) is 24.2 Å². The maximum Gasteiger partial charge on any atom is 0.264 e. The third-order valence-electron chi connectivity index (χ3n) is 6.40. The second-order valence-electron chi connectivity index (χ2n) is 9.16. The van der Waals surface area contributed by atoms with Crippen molar-refractivity contribution in [3.05, 3.63) is 90.2 Å². The number of sulfonamides is 1. The molecule has 2 unspecified atom stereocenters. The van der Waals surface area contributed by atoms with Gasteiger partial charge in [0.05, 0.1) is 17.7 Å². The zero-order valence-corrected chi connectivity index (χ0v) is 23.3. The Labute approximate surface area is 229 Å². The molecule has 0 heterocycles. The fourth-order valence-electron chi connectivity index (χ4n) is 3.83. The molecule has 0 bridgehead atoms. The minimum absolute atomic E-state index is 0.0151. The molecule has 3 rings (SSSR count). The number of nitrogens with zero attached hydrogens (tertiary/aromatic N) is 2. The average molecular weight is 556 g/mol. The summed E-state index contributed by atoms with van der Waals surface area (Å²) in [5.41, 5.74) is 0.848. The number of hydrogen-bond donors (Lipinski definition) is 1. The maximum absolute atomic E-state index is 13.8. The Morgan fingerprint density at radius 3 is 2.13 bits per heavy atom. The van der Waals surface area contributed by atoms with Crippen molar-refractivity contribution < 1.29 is 27.1 Å². The SMILES string of the molecule is CCC(C)NC(=O)C(C)N(Cc1ccc(F)cc1)C(=O)CN(c1ccc(OC)cc1)S(=O)(=O)c1ccccc1. The number of ether oxygens (including phenoxy) is 1. The summed E-state index contributed by atoms with van der Waals surface area (Å²) in [6.45, 7) is 4.79. The topological polar surface area (TPSA) is 96.0 Å². The summed E-state index contributed by atoms with van der Waals surface area (Å²) in [6, 6.07) is 18.7. The van der Waals surface area contributed by atoms with Crippen LogP contribution in [0.25, 0.3) is 0 Å². The second kappa shape index (κ2) is 13.2. The van der Waals surface area contributed by atoms with Gasteiger partial charge in [-0.05, 0) is 74.4 Å². The summed E-state index contributed by atoms with van der Waals surface area (Å²) in [7, 11) is -2.66. The van der Waals surface area contributed by atoms with Crippen LogP contribution in [0.1, 0.15) is 32.8 Å². The number of halogens is 1. The van der Waals surface area contributed by atoms with Gasteiger partial charge < -0.3 is 15.0 Å². The molecule has 1 N–H and O–H groups in total. The first-order valence-corrected chi connectivity index (χ1v) is 14.1. The second-order valence-corrected chi connectivity index (χ2v) is 11.0. The molecule has 0 aliphatic rings. The number of carbonyl (C=O) groups is 2. The molecule has 0 aliphatic heterocycles. The lowest BCUT2D eigenvalue weighted by atomic mass is 10.1. The molecule has 10 heteroatoms. The van der Waals surface area contributed by atoms with E-state index in [4.69, 9.17) is 4.74 Å². The molecule has 0 aliphatic carbocycles. The molecular formula is C29H34FN3O5S. The molecule has 2 amide bonds. The van der Waals surface area contributed by atoms with Crippen LogP contribution in [0.4, 0.5) is 10.1 Å². The number of amides is 2. The summed E-state index contributed by atoms with van der Waals surface area (Å²) in [5.74, 6) is -0.877. The van der Waals surface area contributed by atoms with E-state index in [-0.39, 0.29) is 29.1 Å². The van der Waals surface area contributed by atoms with Crippen molar-refractivity contribution in [2.75, 3.05) is 18.0 Å². The fourth-order valence-corrected chi connectivity index (χ4v) is 5.27. The van der Waals surface area contributed by atoms with Gasteiger partial charge in [-0.1, -0.05) is 37.3 Å². The van der Waals surface area contributed by atoms with Crippen LogP contribution < -0.4 is 14.4 Å². The van der Waals surface area contributed by atoms with Gasteiger partial charge in [0.2, 0.25) is 11.8 Å². The van der Waals surface area contributed by atoms with Crippen LogP contribution in [0.3, 0.4) is 0 Å². The van der Waals surface area contributed by atoms with Crippen LogP contribution in [-0.4, -0.2) is 50.9 Å². The quantitative estimate of drug-likeness (QED) is 0.358. The van der Waals surface area contributed by atoms with Gasteiger partial charge in [-0.2, -0.15) is 0 Å². The first-order chi connectivity index (χ1) is 18.6. The van der Waals surface area contributed by atoms with Crippen molar-refractivity contribution in [2.24, 2.45) is 0 Å². The summed E-state index contributed by atoms with van der Waals surface area (Å²) in [4.78, 5) is 28.2. The van der Waals surface area contributed by atoms with Gasteiger partial charge in [0.25, 0.3) is 10.0 Å². The smallest absolute Gasteiger partial charge is 0.264 e. The van der Waals surface area contributed by atoms with Gasteiger partial charge in [-0.15, -0.1) is 0 Å². The Balaban J connectivity index is 2.01. The van der Waals surface area contributed by atoms with Crippen molar-refractivity contribution in [1.29, 1.82) is 0 Å². The summed E-state index contributed by atoms with van der Waals surface area (Å²) in [6.07, 6.45) is 0.699. The molecule has 3 aromatic carbocycles. The highest BCUT2D eigenvalue weighted by molar-refractivity contribution is 7.92. The number of methoxy groups -OCH3 is 1. The third-order valence-corrected chi connectivity index (χ3v) is 8.19. The van der Waals surface area contributed by atoms with Gasteiger partial charge in [-0.3, -0.25) is 13.9 Å². The number of anilines is 1. The van der Waals surface area contributed by atoms with Crippen LogP contribution in [0.2, 0.25) is 0 Å². The van der Waals surface area contributed by atoms with Gasteiger partial charge >= 0.3 is 0 Å². The third kappa shape index (κ3) is 7.57. The van der Waals surface area contributed by atoms with Gasteiger partial charge in [0, 0.05) is 12.6 Å². The van der Waals surface area contributed by atoms with E-state index in [0.717, 1.165) is 4.31 Å². The van der Waals surface area contributed by atoms with E-state index in [1.165, 1.54) is 48.4 Å². The van der Waals surface area contributed by atoms with E-state index < -0.39 is 34.3 Å². The highest BCUT2D eigenvalue weighted by Gasteiger charge is 2.32. The lowest BCUT2D eigenvalue weighted by Gasteiger charge is -2.32. The van der Waals surface area contributed by atoms with Gasteiger partial charge in [0.15, 0.2) is 0 Å². The van der Waals surface area contributed by atoms with Crippen molar-refractivity contribution >= 4 is 27.5 Å². The Morgan fingerprint density at radius 2 is 1.56 bits per heavy atom. The summed E-state index contributed by atoms with van der Waals surface area (Å²) >= 11 is 0. The highest BCUT2D eigenvalue weighted by atomic mass is 32.2. The van der Waals surface area contributed by atoms with Crippen LogP contribution in [0.15, 0.2) is 83.8 Å². The minimum Gasteiger partial charge on any atom is -0.497 e. The number of hydrogen-bond acceptors (Lipinski definition) is 5. The number of rotatable bonds is 12. The summed E-state index contributed by atoms with van der Waals surface area (Å²) in [5, 5.41) is 2.87. The standard InChI is InChI=1S/C29H34FN3O5S/c1-5-21(2)31-29(35)22(3)32(19-23-11-13-24(30)14-12-23)28(34)20-33(25-15-17-26(38-4)18-16-25)39(36,37)27-9-7-6-8-10-27/h6-18,21-22H,5,19-20H2,1-4H3,(H,31,35). The van der Waals surface area contributed by atoms with Crippen molar-refractivity contribution in [3.63, 3.8) is 0 Å². The highest BCUT2D eigenvalue weighted by Crippen LogP contribution is 2.26. The van der Waals surface area contributed by atoms with E-state index in [0.29, 0.717) is 17.7 Å².